The molecular formula is C32H66N2O8. The van der Waals surface area contributed by atoms with Gasteiger partial charge in [0.05, 0.1) is 92.5 Å². The highest BCUT2D eigenvalue weighted by Gasteiger charge is 2.27. The number of rotatable bonds is 20. The maximum absolute atomic E-state index is 6.18. The normalized spacial score (nSPS) is 24.3. The third-order valence-electron chi connectivity index (χ3n) is 6.99. The zero-order valence-corrected chi connectivity index (χ0v) is 27.7. The van der Waals surface area contributed by atoms with E-state index in [0.717, 1.165) is 26.2 Å². The third-order valence-corrected chi connectivity index (χ3v) is 6.99. The van der Waals surface area contributed by atoms with Crippen LogP contribution in [-0.4, -0.2) is 130 Å². The molecule has 0 aliphatic carbocycles. The molecule has 10 heteroatoms. The summed E-state index contributed by atoms with van der Waals surface area (Å²) in [6.07, 6.45) is 10.1. The molecule has 1 aliphatic rings. The van der Waals surface area contributed by atoms with E-state index in [2.05, 4.69) is 24.5 Å². The Balaban J connectivity index is 2.36. The Morgan fingerprint density at radius 3 is 1.33 bits per heavy atom. The fraction of sp³-hybridized carbons (Fsp3) is 1.00. The summed E-state index contributed by atoms with van der Waals surface area (Å²) in [7, 11) is 0. The molecule has 1 saturated heterocycles. The van der Waals surface area contributed by atoms with Gasteiger partial charge in [0.2, 0.25) is 0 Å². The van der Waals surface area contributed by atoms with Gasteiger partial charge in [-0.15, -0.1) is 0 Å². The zero-order chi connectivity index (χ0) is 30.5. The average Bonchev–Trinajstić information content (AvgIpc) is 2.98. The van der Waals surface area contributed by atoms with Gasteiger partial charge in [-0.05, 0) is 39.8 Å². The maximum Gasteiger partial charge on any atom is 0.112 e. The molecule has 2 N–H and O–H groups in total. The first-order valence-corrected chi connectivity index (χ1v) is 16.7. The summed E-state index contributed by atoms with van der Waals surface area (Å²) in [5.41, 5.74) is -1.12. The van der Waals surface area contributed by atoms with Crippen LogP contribution in [0.5, 0.6) is 0 Å². The molecule has 2 atom stereocenters. The predicted octanol–water partition coefficient (Wildman–Crippen LogP) is 3.99. The van der Waals surface area contributed by atoms with Gasteiger partial charge in [-0.25, -0.2) is 0 Å². The molecule has 0 aromatic heterocycles. The van der Waals surface area contributed by atoms with Crippen molar-refractivity contribution >= 4 is 0 Å². The molecule has 1 heterocycles. The Bertz CT molecular complexity index is 531. The van der Waals surface area contributed by atoms with E-state index in [1.165, 1.54) is 51.4 Å². The summed E-state index contributed by atoms with van der Waals surface area (Å²) in [5.74, 6) is 0. The van der Waals surface area contributed by atoms with Crippen molar-refractivity contribution in [1.82, 2.24) is 10.6 Å². The second-order valence-electron chi connectivity index (χ2n) is 11.7. The van der Waals surface area contributed by atoms with Crippen molar-refractivity contribution in [1.29, 1.82) is 0 Å². The summed E-state index contributed by atoms with van der Waals surface area (Å²) in [6.45, 7) is 19.1. The Labute approximate surface area is 257 Å². The van der Waals surface area contributed by atoms with E-state index in [1.807, 2.05) is 13.8 Å². The van der Waals surface area contributed by atoms with E-state index in [0.29, 0.717) is 92.5 Å². The summed E-state index contributed by atoms with van der Waals surface area (Å²) in [5, 5.41) is 6.90. The van der Waals surface area contributed by atoms with Crippen molar-refractivity contribution in [3.63, 3.8) is 0 Å². The van der Waals surface area contributed by atoms with Gasteiger partial charge in [-0.3, -0.25) is 0 Å². The van der Waals surface area contributed by atoms with E-state index in [9.17, 15) is 0 Å². The quantitative estimate of drug-likeness (QED) is 0.198. The van der Waals surface area contributed by atoms with Crippen LogP contribution in [0.4, 0.5) is 0 Å². The van der Waals surface area contributed by atoms with Crippen LogP contribution in [0, 0.1) is 0 Å². The van der Waals surface area contributed by atoms with Crippen LogP contribution in [0.15, 0.2) is 0 Å². The number of nitrogens with one attached hydrogen (secondary N) is 2. The minimum atomic E-state index is -0.560. The third kappa shape index (κ3) is 24.0. The van der Waals surface area contributed by atoms with E-state index in [4.69, 9.17) is 37.9 Å². The van der Waals surface area contributed by atoms with Crippen molar-refractivity contribution in [2.24, 2.45) is 0 Å². The van der Waals surface area contributed by atoms with Crippen molar-refractivity contribution in [3.05, 3.63) is 0 Å². The van der Waals surface area contributed by atoms with Crippen molar-refractivity contribution in [2.75, 3.05) is 119 Å². The second kappa shape index (κ2) is 28.1. The largest absolute Gasteiger partial charge is 0.377 e. The van der Waals surface area contributed by atoms with Gasteiger partial charge in [-0.1, -0.05) is 52.4 Å². The number of hydrogen-bond donors (Lipinski definition) is 2. The van der Waals surface area contributed by atoms with Crippen LogP contribution in [-0.2, 0) is 37.9 Å². The lowest BCUT2D eigenvalue weighted by atomic mass is 10.1. The molecule has 10 nitrogen and oxygen atoms in total. The summed E-state index contributed by atoms with van der Waals surface area (Å²) in [6, 6.07) is 0. The van der Waals surface area contributed by atoms with Crippen molar-refractivity contribution in [2.45, 2.75) is 90.3 Å². The molecule has 1 fully saturated rings. The van der Waals surface area contributed by atoms with Gasteiger partial charge in [0.25, 0.3) is 0 Å². The Morgan fingerprint density at radius 2 is 0.905 bits per heavy atom. The first-order chi connectivity index (χ1) is 20.5. The Morgan fingerprint density at radius 1 is 0.500 bits per heavy atom. The minimum Gasteiger partial charge on any atom is -0.377 e. The summed E-state index contributed by atoms with van der Waals surface area (Å²) < 4.78 is 47.5. The summed E-state index contributed by atoms with van der Waals surface area (Å²) in [4.78, 5) is 0. The molecule has 42 heavy (non-hydrogen) atoms. The Hall–Kier alpha value is -0.400. The fourth-order valence-corrected chi connectivity index (χ4v) is 4.43. The SMILES string of the molecule is CCCCCCNCCOCC1(C)COCCOCCOCC(C)(COCCNCCCCCC)OCCOCCO1. The van der Waals surface area contributed by atoms with Gasteiger partial charge >= 0.3 is 0 Å². The molecule has 0 aromatic carbocycles. The highest BCUT2D eigenvalue weighted by molar-refractivity contribution is 4.76. The van der Waals surface area contributed by atoms with Crippen LogP contribution in [0.25, 0.3) is 0 Å². The lowest BCUT2D eigenvalue weighted by Crippen LogP contribution is -2.42. The first kappa shape index (κ1) is 39.6. The van der Waals surface area contributed by atoms with E-state index < -0.39 is 11.2 Å². The van der Waals surface area contributed by atoms with Crippen LogP contribution in [0.2, 0.25) is 0 Å². The van der Waals surface area contributed by atoms with Crippen LogP contribution in [0.1, 0.15) is 79.1 Å². The van der Waals surface area contributed by atoms with E-state index >= 15 is 0 Å². The molecule has 252 valence electrons. The highest BCUT2D eigenvalue weighted by Crippen LogP contribution is 2.14. The molecule has 0 saturated carbocycles. The van der Waals surface area contributed by atoms with Crippen LogP contribution < -0.4 is 10.6 Å². The number of ether oxygens (including phenoxy) is 8. The maximum atomic E-state index is 6.18. The van der Waals surface area contributed by atoms with E-state index in [1.54, 1.807) is 0 Å². The smallest absolute Gasteiger partial charge is 0.112 e. The molecule has 1 rings (SSSR count). The van der Waals surface area contributed by atoms with Gasteiger partial charge < -0.3 is 48.5 Å². The van der Waals surface area contributed by atoms with E-state index in [-0.39, 0.29) is 0 Å². The molecule has 0 aromatic rings. The van der Waals surface area contributed by atoms with Crippen molar-refractivity contribution in [3.8, 4) is 0 Å². The van der Waals surface area contributed by atoms with Gasteiger partial charge in [0.1, 0.15) is 11.2 Å². The first-order valence-electron chi connectivity index (χ1n) is 16.7. The molecule has 0 radical (unpaired) electrons. The standard InChI is InChI=1S/C32H66N2O8/c1-5-7-9-11-13-33-15-17-37-27-31(3)29-39-21-19-35-20-22-40-30-32(4,42-26-24-36-23-25-41-31)28-38-18-16-34-14-12-10-8-6-2/h33-34H,5-30H2,1-4H3. The van der Waals surface area contributed by atoms with Crippen molar-refractivity contribution < 1.29 is 37.9 Å². The zero-order valence-electron chi connectivity index (χ0n) is 27.7. The lowest BCUT2D eigenvalue weighted by molar-refractivity contribution is -0.152. The topological polar surface area (TPSA) is 97.9 Å². The monoisotopic (exact) mass is 606 g/mol. The number of unbranched alkanes of at least 4 members (excludes halogenated alkanes) is 6. The van der Waals surface area contributed by atoms with Gasteiger partial charge in [0, 0.05) is 13.1 Å². The minimum absolute atomic E-state index is 0.424. The fourth-order valence-electron chi connectivity index (χ4n) is 4.43. The molecule has 0 spiro atoms. The molecule has 0 amide bonds. The van der Waals surface area contributed by atoms with Gasteiger partial charge in [-0.2, -0.15) is 0 Å². The second-order valence-corrected chi connectivity index (χ2v) is 11.7. The molecular weight excluding hydrogens is 540 g/mol. The number of hydrogen-bond acceptors (Lipinski definition) is 10. The van der Waals surface area contributed by atoms with Crippen LogP contribution in [0.3, 0.4) is 0 Å². The lowest BCUT2D eigenvalue weighted by Gasteiger charge is -2.30. The highest BCUT2D eigenvalue weighted by atomic mass is 16.6. The molecule has 0 bridgehead atoms. The predicted molar refractivity (Wildman–Crippen MR) is 168 cm³/mol. The molecule has 1 aliphatic heterocycles. The summed E-state index contributed by atoms with van der Waals surface area (Å²) >= 11 is 0. The van der Waals surface area contributed by atoms with Crippen LogP contribution >= 0.6 is 0 Å². The van der Waals surface area contributed by atoms with Gasteiger partial charge in [0.15, 0.2) is 0 Å². The molecule has 2 unspecified atom stereocenters. The average molecular weight is 607 g/mol. The Kier molecular flexibility index (Phi) is 26.5.